The largest absolute Gasteiger partial charge is 0.495 e. The number of fused-ring (bicyclic) bond motifs is 1. The zero-order valence-corrected chi connectivity index (χ0v) is 18.8. The monoisotopic (exact) mass is 464 g/mol. The summed E-state index contributed by atoms with van der Waals surface area (Å²) in [6, 6.07) is 17.3. The molecule has 9 nitrogen and oxygen atoms in total. The van der Waals surface area contributed by atoms with Gasteiger partial charge in [-0.25, -0.2) is 0 Å². The van der Waals surface area contributed by atoms with Gasteiger partial charge >= 0.3 is 0 Å². The molecule has 0 radical (unpaired) electrons. The van der Waals surface area contributed by atoms with Crippen molar-refractivity contribution in [3.05, 3.63) is 71.8 Å². The molecule has 1 heterocycles. The van der Waals surface area contributed by atoms with Crippen LogP contribution in [-0.2, 0) is 11.3 Å². The summed E-state index contributed by atoms with van der Waals surface area (Å²) in [4.78, 5) is 24.9. The highest BCUT2D eigenvalue weighted by molar-refractivity contribution is 5.95. The Kier molecular flexibility index (Phi) is 7.02. The van der Waals surface area contributed by atoms with Crippen LogP contribution in [0.15, 0.2) is 60.7 Å². The number of nitrogens with one attached hydrogen (secondary N) is 2. The summed E-state index contributed by atoms with van der Waals surface area (Å²) in [5.41, 5.74) is 1.81. The van der Waals surface area contributed by atoms with Crippen molar-refractivity contribution in [2.45, 2.75) is 6.54 Å². The van der Waals surface area contributed by atoms with E-state index in [1.165, 1.54) is 14.2 Å². The molecule has 34 heavy (non-hydrogen) atoms. The van der Waals surface area contributed by atoms with Crippen molar-refractivity contribution in [3.63, 3.8) is 0 Å². The van der Waals surface area contributed by atoms with Gasteiger partial charge in [0.15, 0.2) is 29.6 Å². The first-order valence-corrected chi connectivity index (χ1v) is 10.5. The van der Waals surface area contributed by atoms with Crippen LogP contribution in [0.25, 0.3) is 0 Å². The van der Waals surface area contributed by atoms with Gasteiger partial charge in [-0.3, -0.25) is 9.59 Å². The van der Waals surface area contributed by atoms with Crippen LogP contribution in [0.4, 0.5) is 5.69 Å². The van der Waals surface area contributed by atoms with E-state index in [4.69, 9.17) is 23.7 Å². The number of carbonyl (C=O) groups is 2. The van der Waals surface area contributed by atoms with E-state index in [0.717, 1.165) is 5.56 Å². The molecule has 2 amide bonds. The smallest absolute Gasteiger partial charge is 0.262 e. The molecule has 1 aliphatic heterocycles. The molecular formula is C25H24N2O7. The van der Waals surface area contributed by atoms with Crippen molar-refractivity contribution in [3.8, 4) is 28.7 Å². The fourth-order valence-electron chi connectivity index (χ4n) is 3.34. The van der Waals surface area contributed by atoms with E-state index >= 15 is 0 Å². The molecule has 0 spiro atoms. The number of benzene rings is 3. The lowest BCUT2D eigenvalue weighted by Gasteiger charge is -2.13. The van der Waals surface area contributed by atoms with Gasteiger partial charge in [0.05, 0.1) is 19.9 Å². The first kappa shape index (κ1) is 22.8. The average molecular weight is 464 g/mol. The van der Waals surface area contributed by atoms with Crippen molar-refractivity contribution >= 4 is 17.5 Å². The zero-order chi connectivity index (χ0) is 23.9. The molecule has 176 valence electrons. The molecule has 4 rings (SSSR count). The van der Waals surface area contributed by atoms with Crippen LogP contribution in [0.2, 0.25) is 0 Å². The topological polar surface area (TPSA) is 104 Å². The molecule has 0 fully saturated rings. The number of hydrogen-bond donors (Lipinski definition) is 2. The third-order valence-corrected chi connectivity index (χ3v) is 5.06. The van der Waals surface area contributed by atoms with E-state index in [2.05, 4.69) is 10.6 Å². The molecule has 0 saturated carbocycles. The van der Waals surface area contributed by atoms with E-state index in [-0.39, 0.29) is 25.2 Å². The van der Waals surface area contributed by atoms with Crippen molar-refractivity contribution in [2.75, 3.05) is 32.9 Å². The van der Waals surface area contributed by atoms with Crippen LogP contribution in [0, 0.1) is 0 Å². The third kappa shape index (κ3) is 5.32. The Hall–Kier alpha value is -4.40. The predicted octanol–water partition coefficient (Wildman–Crippen LogP) is 3.38. The minimum atomic E-state index is -0.364. The van der Waals surface area contributed by atoms with Gasteiger partial charge in [-0.2, -0.15) is 0 Å². The highest BCUT2D eigenvalue weighted by Crippen LogP contribution is 2.32. The Bertz CT molecular complexity index is 1200. The van der Waals surface area contributed by atoms with Gasteiger partial charge in [-0.05, 0) is 48.0 Å². The summed E-state index contributed by atoms with van der Waals surface area (Å²) >= 11 is 0. The lowest BCUT2D eigenvalue weighted by molar-refractivity contribution is -0.118. The Labute approximate surface area is 196 Å². The van der Waals surface area contributed by atoms with Gasteiger partial charge in [0.25, 0.3) is 11.8 Å². The van der Waals surface area contributed by atoms with E-state index in [1.54, 1.807) is 36.4 Å². The SMILES string of the molecule is COc1ccccc1NC(=O)COc1ccc(C(=O)NCc2ccc3c(c2)OCO3)cc1OC. The first-order valence-electron chi connectivity index (χ1n) is 10.5. The van der Waals surface area contributed by atoms with Gasteiger partial charge in [0.2, 0.25) is 6.79 Å². The molecule has 0 unspecified atom stereocenters. The van der Waals surface area contributed by atoms with E-state index in [1.807, 2.05) is 24.3 Å². The molecule has 1 aliphatic rings. The fraction of sp³-hybridized carbons (Fsp3) is 0.200. The van der Waals surface area contributed by atoms with E-state index in [0.29, 0.717) is 46.5 Å². The van der Waals surface area contributed by atoms with Gasteiger partial charge in [0, 0.05) is 12.1 Å². The van der Waals surface area contributed by atoms with Crippen molar-refractivity contribution in [1.29, 1.82) is 0 Å². The second kappa shape index (κ2) is 10.5. The maximum absolute atomic E-state index is 12.6. The van der Waals surface area contributed by atoms with Crippen LogP contribution in [-0.4, -0.2) is 39.4 Å². The molecule has 3 aromatic rings. The molecule has 0 saturated heterocycles. The highest BCUT2D eigenvalue weighted by Gasteiger charge is 2.15. The second-order valence-corrected chi connectivity index (χ2v) is 7.27. The van der Waals surface area contributed by atoms with Gasteiger partial charge in [-0.1, -0.05) is 18.2 Å². The number of rotatable bonds is 9. The third-order valence-electron chi connectivity index (χ3n) is 5.06. The van der Waals surface area contributed by atoms with Crippen molar-refractivity contribution in [2.24, 2.45) is 0 Å². The summed E-state index contributed by atoms with van der Waals surface area (Å²) in [5, 5.41) is 5.59. The number of anilines is 1. The average Bonchev–Trinajstić information content (AvgIpc) is 3.34. The Balaban J connectivity index is 1.34. The second-order valence-electron chi connectivity index (χ2n) is 7.27. The molecule has 0 atom stereocenters. The van der Waals surface area contributed by atoms with Crippen LogP contribution in [0.5, 0.6) is 28.7 Å². The maximum Gasteiger partial charge on any atom is 0.262 e. The maximum atomic E-state index is 12.6. The molecule has 0 aromatic heterocycles. The fourth-order valence-corrected chi connectivity index (χ4v) is 3.34. The summed E-state index contributed by atoms with van der Waals surface area (Å²) in [6.07, 6.45) is 0. The lowest BCUT2D eigenvalue weighted by atomic mass is 10.1. The summed E-state index contributed by atoms with van der Waals surface area (Å²) in [6.45, 7) is 0.269. The normalized spacial score (nSPS) is 11.5. The van der Waals surface area contributed by atoms with Gasteiger partial charge in [0.1, 0.15) is 5.75 Å². The molecule has 0 aliphatic carbocycles. The highest BCUT2D eigenvalue weighted by atomic mass is 16.7. The predicted molar refractivity (Wildman–Crippen MR) is 124 cm³/mol. The van der Waals surface area contributed by atoms with Crippen LogP contribution >= 0.6 is 0 Å². The summed E-state index contributed by atoms with van der Waals surface area (Å²) < 4.78 is 26.8. The lowest BCUT2D eigenvalue weighted by Crippen LogP contribution is -2.23. The zero-order valence-electron chi connectivity index (χ0n) is 18.8. The van der Waals surface area contributed by atoms with Crippen LogP contribution in [0.3, 0.4) is 0 Å². The molecule has 0 bridgehead atoms. The molecule has 3 aromatic carbocycles. The number of methoxy groups -OCH3 is 2. The quantitative estimate of drug-likeness (QED) is 0.500. The van der Waals surface area contributed by atoms with Crippen molar-refractivity contribution in [1.82, 2.24) is 5.32 Å². The standard InChI is InChI=1S/C25H24N2O7/c1-30-19-6-4-3-5-18(19)27-24(28)14-32-20-10-8-17(12-22(20)31-2)25(29)26-13-16-7-9-21-23(11-16)34-15-33-21/h3-12H,13-15H2,1-2H3,(H,26,29)(H,27,28). The Morgan fingerprint density at radius 1 is 0.882 bits per heavy atom. The van der Waals surface area contributed by atoms with Gasteiger partial charge in [-0.15, -0.1) is 0 Å². The molecule has 9 heteroatoms. The van der Waals surface area contributed by atoms with Crippen LogP contribution in [0.1, 0.15) is 15.9 Å². The van der Waals surface area contributed by atoms with E-state index < -0.39 is 0 Å². The Morgan fingerprint density at radius 3 is 2.50 bits per heavy atom. The summed E-state index contributed by atoms with van der Waals surface area (Å²) in [7, 11) is 2.99. The van der Waals surface area contributed by atoms with Gasteiger partial charge < -0.3 is 34.3 Å². The molecule has 2 N–H and O–H groups in total. The minimum absolute atomic E-state index is 0.196. The first-order chi connectivity index (χ1) is 16.6. The molecular weight excluding hydrogens is 440 g/mol. The number of amides is 2. The Morgan fingerprint density at radius 2 is 1.68 bits per heavy atom. The minimum Gasteiger partial charge on any atom is -0.495 e. The number of hydrogen-bond acceptors (Lipinski definition) is 7. The van der Waals surface area contributed by atoms with Crippen LogP contribution < -0.4 is 34.3 Å². The number of ether oxygens (including phenoxy) is 5. The summed E-state index contributed by atoms with van der Waals surface area (Å²) in [5.74, 6) is 1.92. The number of para-hydroxylation sites is 2. The van der Waals surface area contributed by atoms with E-state index in [9.17, 15) is 9.59 Å². The number of carbonyl (C=O) groups excluding carboxylic acids is 2. The van der Waals surface area contributed by atoms with Crippen molar-refractivity contribution < 1.29 is 33.3 Å².